The first-order valence-electron chi connectivity index (χ1n) is 22.1. The molecule has 0 spiro atoms. The van der Waals surface area contributed by atoms with Gasteiger partial charge in [0.15, 0.2) is 0 Å². The van der Waals surface area contributed by atoms with Gasteiger partial charge < -0.3 is 9.84 Å². The zero-order valence-electron chi connectivity index (χ0n) is 35.9. The van der Waals surface area contributed by atoms with Crippen molar-refractivity contribution in [3.63, 3.8) is 0 Å². The van der Waals surface area contributed by atoms with E-state index in [9.17, 15) is 9.59 Å². The second kappa shape index (κ2) is 41.7. The van der Waals surface area contributed by atoms with Crippen LogP contribution in [0, 0.1) is 0 Å². The fourth-order valence-electron chi connectivity index (χ4n) is 6.21. The Labute approximate surface area is 324 Å². The van der Waals surface area contributed by atoms with Gasteiger partial charge in [0, 0.05) is 12.8 Å². The van der Waals surface area contributed by atoms with Crippen molar-refractivity contribution in [3.05, 3.63) is 46.6 Å². The lowest BCUT2D eigenvalue weighted by atomic mass is 10.0. The number of carboxylic acid groups (broad SMARTS) is 1. The van der Waals surface area contributed by atoms with Gasteiger partial charge >= 0.3 is 11.9 Å². The molecule has 52 heavy (non-hydrogen) atoms. The summed E-state index contributed by atoms with van der Waals surface area (Å²) >= 11 is 0. The molecule has 0 aliphatic rings. The van der Waals surface area contributed by atoms with Crippen molar-refractivity contribution in [2.24, 2.45) is 0 Å². The number of esters is 1. The molecule has 304 valence electrons. The smallest absolute Gasteiger partial charge is 0.306 e. The Morgan fingerprint density at radius 3 is 1.12 bits per heavy atom. The van der Waals surface area contributed by atoms with Gasteiger partial charge in [0.05, 0.1) is 0 Å². The van der Waals surface area contributed by atoms with E-state index in [4.69, 9.17) is 9.84 Å². The van der Waals surface area contributed by atoms with E-state index in [1.165, 1.54) is 144 Å². The molecule has 4 nitrogen and oxygen atoms in total. The third-order valence-electron chi connectivity index (χ3n) is 9.81. The molecule has 0 heterocycles. The van der Waals surface area contributed by atoms with Gasteiger partial charge in [-0.1, -0.05) is 183 Å². The number of ether oxygens (including phenoxy) is 1. The Hall–Kier alpha value is -2.10. The minimum absolute atomic E-state index is 0.0464. The van der Waals surface area contributed by atoms with Crippen LogP contribution in [0.25, 0.3) is 0 Å². The van der Waals surface area contributed by atoms with Crippen LogP contribution < -0.4 is 0 Å². The molecule has 0 aliphatic heterocycles. The SMILES string of the molecule is CCCCCCCCCCCCCC(=O)O.CCCCCCCCCCCCCC(=O)OC/C=C(/C)CC/C=C(\C)CC/C=C(\C)CCC=C(C)C. The van der Waals surface area contributed by atoms with E-state index in [2.05, 4.69) is 72.8 Å². The number of carboxylic acids is 1. The molecule has 0 aromatic rings. The number of hydrogen-bond acceptors (Lipinski definition) is 3. The van der Waals surface area contributed by atoms with E-state index in [0.717, 1.165) is 57.8 Å². The fourth-order valence-corrected chi connectivity index (χ4v) is 6.21. The zero-order valence-corrected chi connectivity index (χ0v) is 35.9. The van der Waals surface area contributed by atoms with Crippen molar-refractivity contribution in [2.45, 2.75) is 241 Å². The predicted octanol–water partition coefficient (Wildman–Crippen LogP) is 16.1. The molecular formula is C48H88O4. The molecule has 0 fully saturated rings. The maximum Gasteiger partial charge on any atom is 0.306 e. The summed E-state index contributed by atoms with van der Waals surface area (Å²) in [6.07, 6.45) is 45.1. The summed E-state index contributed by atoms with van der Waals surface area (Å²) in [5.41, 5.74) is 5.67. The number of allylic oxidation sites excluding steroid dienone is 7. The monoisotopic (exact) mass is 729 g/mol. The third-order valence-corrected chi connectivity index (χ3v) is 9.81. The Morgan fingerprint density at radius 2 is 0.750 bits per heavy atom. The first-order valence-corrected chi connectivity index (χ1v) is 22.1. The standard InChI is InChI=1S/C34H60O2.C14H28O2/c1-7-8-9-10-11-12-13-14-15-16-17-27-34(35)36-29-28-33(6)26-20-25-32(5)24-19-23-31(4)22-18-21-30(2)3;1-2-3-4-5-6-7-8-9-10-11-12-13-14(15)16/h21,23,25,28H,7-20,22,24,26-27,29H2,1-6H3;2-13H2,1H3,(H,15,16)/b31-23+,32-25+,33-28-;. The number of hydrogen-bond donors (Lipinski definition) is 1. The highest BCUT2D eigenvalue weighted by molar-refractivity contribution is 5.69. The molecular weight excluding hydrogens is 641 g/mol. The molecule has 4 heteroatoms. The molecule has 0 aromatic heterocycles. The van der Waals surface area contributed by atoms with Gasteiger partial charge in [0.1, 0.15) is 6.61 Å². The summed E-state index contributed by atoms with van der Waals surface area (Å²) < 4.78 is 5.41. The second-order valence-electron chi connectivity index (χ2n) is 15.7. The van der Waals surface area contributed by atoms with Crippen LogP contribution in [0.15, 0.2) is 46.6 Å². The quantitative estimate of drug-likeness (QED) is 0.0401. The maximum atomic E-state index is 12.0. The Morgan fingerprint density at radius 1 is 0.423 bits per heavy atom. The molecule has 0 radical (unpaired) electrons. The molecule has 0 rings (SSSR count). The van der Waals surface area contributed by atoms with E-state index < -0.39 is 5.97 Å². The molecule has 0 unspecified atom stereocenters. The molecule has 0 aromatic carbocycles. The second-order valence-corrected chi connectivity index (χ2v) is 15.7. The summed E-state index contributed by atoms with van der Waals surface area (Å²) in [4.78, 5) is 22.2. The zero-order chi connectivity index (χ0) is 38.9. The first kappa shape index (κ1) is 52.0. The van der Waals surface area contributed by atoms with Crippen LogP contribution in [0.4, 0.5) is 0 Å². The van der Waals surface area contributed by atoms with Gasteiger partial charge in [-0.3, -0.25) is 9.59 Å². The molecule has 0 saturated carbocycles. The number of carbonyl (C=O) groups excluding carboxylic acids is 1. The topological polar surface area (TPSA) is 63.6 Å². The first-order chi connectivity index (χ1) is 25.1. The van der Waals surface area contributed by atoms with E-state index in [-0.39, 0.29) is 5.97 Å². The van der Waals surface area contributed by atoms with E-state index in [1.807, 2.05) is 0 Å². The van der Waals surface area contributed by atoms with Crippen molar-refractivity contribution in [1.29, 1.82) is 0 Å². The van der Waals surface area contributed by atoms with Crippen molar-refractivity contribution in [2.75, 3.05) is 6.61 Å². The van der Waals surface area contributed by atoms with Crippen molar-refractivity contribution in [1.82, 2.24) is 0 Å². The minimum atomic E-state index is -0.657. The summed E-state index contributed by atoms with van der Waals surface area (Å²) in [5.74, 6) is -0.703. The Balaban J connectivity index is 0. The van der Waals surface area contributed by atoms with Crippen molar-refractivity contribution < 1.29 is 19.4 Å². The largest absolute Gasteiger partial charge is 0.481 e. The van der Waals surface area contributed by atoms with Crippen LogP contribution in [0.1, 0.15) is 241 Å². The highest BCUT2D eigenvalue weighted by Gasteiger charge is 2.02. The van der Waals surface area contributed by atoms with Crippen molar-refractivity contribution >= 4 is 11.9 Å². The van der Waals surface area contributed by atoms with Gasteiger partial charge in [0.25, 0.3) is 0 Å². The van der Waals surface area contributed by atoms with Gasteiger partial charge in [0.2, 0.25) is 0 Å². The van der Waals surface area contributed by atoms with Crippen LogP contribution in [-0.2, 0) is 14.3 Å². The Kier molecular flexibility index (Phi) is 41.7. The fraction of sp³-hybridized carbons (Fsp3) is 0.792. The normalized spacial score (nSPS) is 12.0. The summed E-state index contributed by atoms with van der Waals surface area (Å²) in [5, 5.41) is 8.46. The number of rotatable bonds is 35. The highest BCUT2D eigenvalue weighted by atomic mass is 16.5. The van der Waals surface area contributed by atoms with Crippen LogP contribution >= 0.6 is 0 Å². The summed E-state index contributed by atoms with van der Waals surface area (Å²) in [6, 6.07) is 0. The molecule has 0 aliphatic carbocycles. The summed E-state index contributed by atoms with van der Waals surface area (Å²) in [7, 11) is 0. The van der Waals surface area contributed by atoms with Gasteiger partial charge in [-0.05, 0) is 92.1 Å². The Bertz CT molecular complexity index is 934. The molecule has 0 atom stereocenters. The highest BCUT2D eigenvalue weighted by Crippen LogP contribution is 2.15. The number of unbranched alkanes of at least 4 members (excludes halogenated alkanes) is 20. The van der Waals surface area contributed by atoms with E-state index in [0.29, 0.717) is 19.4 Å². The molecule has 0 amide bonds. The van der Waals surface area contributed by atoms with Gasteiger partial charge in [-0.25, -0.2) is 0 Å². The lowest BCUT2D eigenvalue weighted by molar-refractivity contribution is -0.142. The molecule has 1 N–H and O–H groups in total. The third kappa shape index (κ3) is 45.9. The average Bonchev–Trinajstić information content (AvgIpc) is 3.09. The lowest BCUT2D eigenvalue weighted by Crippen LogP contribution is -2.04. The van der Waals surface area contributed by atoms with E-state index >= 15 is 0 Å². The molecule has 0 saturated heterocycles. The number of aliphatic carboxylic acids is 1. The molecule has 0 bridgehead atoms. The van der Waals surface area contributed by atoms with Crippen LogP contribution in [-0.4, -0.2) is 23.7 Å². The van der Waals surface area contributed by atoms with Crippen LogP contribution in [0.5, 0.6) is 0 Å². The minimum Gasteiger partial charge on any atom is -0.481 e. The van der Waals surface area contributed by atoms with Gasteiger partial charge in [-0.2, -0.15) is 0 Å². The number of carbonyl (C=O) groups is 2. The predicted molar refractivity (Wildman–Crippen MR) is 229 cm³/mol. The van der Waals surface area contributed by atoms with Gasteiger partial charge in [-0.15, -0.1) is 0 Å². The lowest BCUT2D eigenvalue weighted by Gasteiger charge is -2.05. The van der Waals surface area contributed by atoms with E-state index in [1.54, 1.807) is 0 Å². The summed E-state index contributed by atoms with van der Waals surface area (Å²) in [6.45, 7) is 15.9. The van der Waals surface area contributed by atoms with Crippen LogP contribution in [0.2, 0.25) is 0 Å². The average molecular weight is 729 g/mol. The maximum absolute atomic E-state index is 12.0. The van der Waals surface area contributed by atoms with Crippen molar-refractivity contribution in [3.8, 4) is 0 Å². The van der Waals surface area contributed by atoms with Crippen LogP contribution in [0.3, 0.4) is 0 Å².